The highest BCUT2D eigenvalue weighted by Gasteiger charge is 2.64. The third-order valence-electron chi connectivity index (χ3n) is 11.9. The van der Waals surface area contributed by atoms with Crippen LogP contribution in [0.3, 0.4) is 0 Å². The molecule has 0 radical (unpaired) electrons. The number of piperidine rings is 1. The fourth-order valence-electron chi connectivity index (χ4n) is 9.06. The van der Waals surface area contributed by atoms with Gasteiger partial charge >= 0.3 is 0 Å². The van der Waals surface area contributed by atoms with Crippen LogP contribution in [0.1, 0.15) is 96.4 Å². The van der Waals surface area contributed by atoms with Gasteiger partial charge in [0.1, 0.15) is 35.5 Å². The summed E-state index contributed by atoms with van der Waals surface area (Å²) in [5, 5.41) is 15.0. The summed E-state index contributed by atoms with van der Waals surface area (Å²) in [5.74, 6) is -0.404. The lowest BCUT2D eigenvalue weighted by Crippen LogP contribution is -2.74. The second-order valence-corrected chi connectivity index (χ2v) is 17.0. The Morgan fingerprint density at radius 1 is 0.931 bits per heavy atom. The summed E-state index contributed by atoms with van der Waals surface area (Å²) in [5.41, 5.74) is 0.573. The minimum absolute atomic E-state index is 0.0723. The van der Waals surface area contributed by atoms with Crippen LogP contribution in [0.5, 0.6) is 11.5 Å². The minimum atomic E-state index is -0.999. The van der Waals surface area contributed by atoms with E-state index in [0.29, 0.717) is 34.3 Å². The highest BCUT2D eigenvalue weighted by atomic mass is 35.5. The van der Waals surface area contributed by atoms with Crippen LogP contribution in [-0.4, -0.2) is 102 Å². The number of piperazine rings is 1. The van der Waals surface area contributed by atoms with Gasteiger partial charge in [0.15, 0.2) is 0 Å². The SMILES string of the molecule is CC1(C)C(NC(=O)c2ccc(N3CCN(CCCCCOc4ccc5c(c4)C(=O)N(C4CCC(=O)NC4=O)C5=O)CC3)nc2)C(C)(C)C1Oc1ccc(C#N)c(Cl)c1. The molecule has 15 heteroatoms. The van der Waals surface area contributed by atoms with Crippen LogP contribution in [0.15, 0.2) is 54.7 Å². The van der Waals surface area contributed by atoms with Gasteiger partial charge in [0, 0.05) is 61.7 Å². The molecule has 1 aliphatic carbocycles. The summed E-state index contributed by atoms with van der Waals surface area (Å²) in [6.07, 6.45) is 4.43. The highest BCUT2D eigenvalue weighted by Crippen LogP contribution is 2.55. The van der Waals surface area contributed by atoms with Crippen molar-refractivity contribution in [2.75, 3.05) is 44.2 Å². The average Bonchev–Trinajstić information content (AvgIpc) is 3.45. The van der Waals surface area contributed by atoms with Crippen LogP contribution in [0.2, 0.25) is 5.02 Å². The molecule has 58 heavy (non-hydrogen) atoms. The van der Waals surface area contributed by atoms with E-state index in [4.69, 9.17) is 21.1 Å². The maximum Gasteiger partial charge on any atom is 0.262 e. The van der Waals surface area contributed by atoms with E-state index in [2.05, 4.69) is 59.2 Å². The van der Waals surface area contributed by atoms with E-state index in [9.17, 15) is 29.2 Å². The smallest absolute Gasteiger partial charge is 0.262 e. The summed E-state index contributed by atoms with van der Waals surface area (Å²) in [7, 11) is 0. The number of unbranched alkanes of at least 4 members (excludes halogenated alkanes) is 2. The van der Waals surface area contributed by atoms with Gasteiger partial charge in [-0.1, -0.05) is 39.3 Å². The van der Waals surface area contributed by atoms with E-state index in [-0.39, 0.29) is 52.9 Å². The molecule has 5 amide bonds. The lowest BCUT2D eigenvalue weighted by molar-refractivity contribution is -0.164. The van der Waals surface area contributed by atoms with Crippen molar-refractivity contribution in [2.45, 2.75) is 78.0 Å². The maximum absolute atomic E-state index is 13.4. The van der Waals surface area contributed by atoms with Gasteiger partial charge in [-0.15, -0.1) is 0 Å². The van der Waals surface area contributed by atoms with E-state index in [0.717, 1.165) is 62.7 Å². The summed E-state index contributed by atoms with van der Waals surface area (Å²) < 4.78 is 12.3. The van der Waals surface area contributed by atoms with Gasteiger partial charge < -0.3 is 19.7 Å². The number of carbonyl (C=O) groups is 5. The normalized spacial score (nSPS) is 22.4. The Bertz CT molecular complexity index is 2140. The van der Waals surface area contributed by atoms with Crippen molar-refractivity contribution < 1.29 is 33.4 Å². The van der Waals surface area contributed by atoms with Gasteiger partial charge in [0.2, 0.25) is 11.8 Å². The first-order chi connectivity index (χ1) is 27.7. The molecule has 3 fully saturated rings. The zero-order valence-corrected chi connectivity index (χ0v) is 33.9. The van der Waals surface area contributed by atoms with Gasteiger partial charge in [-0.2, -0.15) is 5.26 Å². The molecular formula is C43H48ClN7O7. The molecule has 3 aliphatic heterocycles. The third kappa shape index (κ3) is 7.98. The molecule has 4 aliphatic rings. The number of fused-ring (bicyclic) bond motifs is 1. The van der Waals surface area contributed by atoms with Crippen molar-refractivity contribution in [3.63, 3.8) is 0 Å². The number of aromatic nitrogens is 1. The van der Waals surface area contributed by atoms with Gasteiger partial charge in [-0.25, -0.2) is 4.98 Å². The predicted octanol–water partition coefficient (Wildman–Crippen LogP) is 4.99. The zero-order valence-electron chi connectivity index (χ0n) is 33.2. The van der Waals surface area contributed by atoms with Crippen LogP contribution in [0.25, 0.3) is 0 Å². The summed E-state index contributed by atoms with van der Waals surface area (Å²) in [6.45, 7) is 13.2. The first kappa shape index (κ1) is 40.7. The molecule has 1 aromatic heterocycles. The Morgan fingerprint density at radius 2 is 1.66 bits per heavy atom. The van der Waals surface area contributed by atoms with E-state index in [1.165, 1.54) is 0 Å². The quantitative estimate of drug-likeness (QED) is 0.176. The Labute approximate surface area is 342 Å². The molecule has 2 saturated heterocycles. The average molecular weight is 810 g/mol. The monoisotopic (exact) mass is 809 g/mol. The van der Waals surface area contributed by atoms with E-state index in [1.54, 1.807) is 42.6 Å². The van der Waals surface area contributed by atoms with Gasteiger partial charge in [-0.3, -0.25) is 39.1 Å². The molecule has 304 valence electrons. The highest BCUT2D eigenvalue weighted by molar-refractivity contribution is 6.31. The summed E-state index contributed by atoms with van der Waals surface area (Å²) >= 11 is 6.23. The molecule has 0 bridgehead atoms. The largest absolute Gasteiger partial charge is 0.494 e. The summed E-state index contributed by atoms with van der Waals surface area (Å²) in [6, 6.07) is 14.5. The molecule has 2 aromatic carbocycles. The molecule has 1 unspecified atom stereocenters. The van der Waals surface area contributed by atoms with Crippen LogP contribution in [0.4, 0.5) is 5.82 Å². The first-order valence-corrected chi connectivity index (χ1v) is 20.2. The van der Waals surface area contributed by atoms with Crippen molar-refractivity contribution in [1.82, 2.24) is 25.4 Å². The van der Waals surface area contributed by atoms with Crippen molar-refractivity contribution in [3.05, 3.63) is 82.0 Å². The number of amides is 5. The Morgan fingerprint density at radius 3 is 2.33 bits per heavy atom. The number of hydrogen-bond acceptors (Lipinski definition) is 11. The molecule has 4 heterocycles. The minimum Gasteiger partial charge on any atom is -0.494 e. The Kier molecular flexibility index (Phi) is 11.5. The molecule has 0 spiro atoms. The number of carbonyl (C=O) groups excluding carboxylic acids is 5. The Balaban J connectivity index is 0.807. The predicted molar refractivity (Wildman–Crippen MR) is 215 cm³/mol. The summed E-state index contributed by atoms with van der Waals surface area (Å²) in [4.78, 5) is 73.5. The molecule has 1 atom stereocenters. The van der Waals surface area contributed by atoms with E-state index >= 15 is 0 Å². The lowest BCUT2D eigenvalue weighted by atomic mass is 9.49. The van der Waals surface area contributed by atoms with Crippen LogP contribution >= 0.6 is 11.6 Å². The van der Waals surface area contributed by atoms with Gasteiger partial charge in [0.25, 0.3) is 17.7 Å². The number of benzene rings is 2. The third-order valence-corrected chi connectivity index (χ3v) is 12.2. The van der Waals surface area contributed by atoms with E-state index in [1.807, 2.05) is 12.1 Å². The number of nitrogens with one attached hydrogen (secondary N) is 2. The molecule has 7 rings (SSSR count). The number of hydrogen-bond donors (Lipinski definition) is 2. The standard InChI is InChI=1S/C43H48ClN7O7/c1-42(2)40(43(3,4)41(42)58-29-10-8-26(24-45)32(44)23-29)48-36(53)27-9-14-34(46-25-27)50-19-17-49(18-20-50)16-6-5-7-21-57-28-11-12-30-31(22-28)39(56)51(38(30)55)33-13-15-35(52)47-37(33)54/h8-12,14,22-23,25,33,40-41H,5-7,13,15-21H2,1-4H3,(H,48,53)(H,47,52,54). The van der Waals surface area contributed by atoms with Crippen LogP contribution in [-0.2, 0) is 9.59 Å². The van der Waals surface area contributed by atoms with Crippen LogP contribution < -0.4 is 25.0 Å². The maximum atomic E-state index is 13.4. The number of pyridine rings is 1. The fraction of sp³-hybridized carbons (Fsp3) is 0.465. The molecule has 14 nitrogen and oxygen atoms in total. The second kappa shape index (κ2) is 16.4. The van der Waals surface area contributed by atoms with Gasteiger partial charge in [0.05, 0.1) is 33.9 Å². The number of imide groups is 2. The zero-order chi connectivity index (χ0) is 41.4. The molecule has 3 aromatic rings. The topological polar surface area (TPSA) is 174 Å². The second-order valence-electron chi connectivity index (χ2n) is 16.6. The van der Waals surface area contributed by atoms with Crippen molar-refractivity contribution >= 4 is 47.0 Å². The number of halogens is 1. The van der Waals surface area contributed by atoms with Crippen molar-refractivity contribution in [2.24, 2.45) is 10.8 Å². The van der Waals surface area contributed by atoms with E-state index < -0.39 is 29.7 Å². The van der Waals surface area contributed by atoms with Crippen LogP contribution in [0, 0.1) is 22.2 Å². The number of nitrogens with zero attached hydrogens (tertiary/aromatic N) is 5. The molecule has 1 saturated carbocycles. The molecular weight excluding hydrogens is 762 g/mol. The lowest BCUT2D eigenvalue weighted by Gasteiger charge is -2.63. The number of ether oxygens (including phenoxy) is 2. The van der Waals surface area contributed by atoms with Crippen molar-refractivity contribution in [3.8, 4) is 17.6 Å². The molecule has 2 N–H and O–H groups in total. The van der Waals surface area contributed by atoms with Gasteiger partial charge in [-0.05, 0) is 74.7 Å². The number of anilines is 1. The first-order valence-electron chi connectivity index (χ1n) is 19.8. The number of nitriles is 1. The fourth-order valence-corrected chi connectivity index (χ4v) is 9.28. The Hall–Kier alpha value is -5.52. The van der Waals surface area contributed by atoms with Crippen molar-refractivity contribution in [1.29, 1.82) is 5.26 Å². The number of rotatable bonds is 13.